The number of rotatable bonds is 6. The second kappa shape index (κ2) is 9.19. The lowest BCUT2D eigenvalue weighted by Crippen LogP contribution is -2.50. The smallest absolute Gasteiger partial charge is 0.266 e. The van der Waals surface area contributed by atoms with Crippen LogP contribution in [-0.4, -0.2) is 98.9 Å². The molecule has 0 bridgehead atoms. The number of nitriles is 1. The lowest BCUT2D eigenvalue weighted by atomic mass is 10.2. The van der Waals surface area contributed by atoms with E-state index in [2.05, 4.69) is 0 Å². The summed E-state index contributed by atoms with van der Waals surface area (Å²) >= 11 is 0. The highest BCUT2D eigenvalue weighted by Crippen LogP contribution is 2.19. The lowest BCUT2D eigenvalue weighted by Gasteiger charge is -2.34. The van der Waals surface area contributed by atoms with Crippen LogP contribution in [0.1, 0.15) is 13.3 Å². The molecule has 2 fully saturated rings. The highest BCUT2D eigenvalue weighted by Gasteiger charge is 2.32. The molecule has 0 saturated carbocycles. The fourth-order valence-electron chi connectivity index (χ4n) is 3.28. The van der Waals surface area contributed by atoms with E-state index in [1.54, 1.807) is 14.7 Å². The van der Waals surface area contributed by atoms with E-state index < -0.39 is 15.7 Å². The molecule has 0 aromatic carbocycles. The summed E-state index contributed by atoms with van der Waals surface area (Å²) in [5, 5.41) is 9.48. The van der Waals surface area contributed by atoms with Gasteiger partial charge in [0, 0.05) is 59.0 Å². The molecule has 1 unspecified atom stereocenters. The van der Waals surface area contributed by atoms with Gasteiger partial charge < -0.3 is 19.4 Å². The Morgan fingerprint density at radius 2 is 1.89 bits per heavy atom. The molecule has 27 heavy (non-hydrogen) atoms. The standard InChI is InChI=1S/C17H26N4O5S/c1-14(22)19-4-6-20(7-5-19)17(23)15(11-18)12-21(8-9-26-2)16-3-10-27(24,25)13-16/h12,16H,3-10,13H2,1-2H3/b15-12-. The van der Waals surface area contributed by atoms with E-state index in [4.69, 9.17) is 4.74 Å². The second-order valence-corrected chi connectivity index (χ2v) is 8.97. The Hall–Kier alpha value is -2.12. The number of methoxy groups -OCH3 is 1. The Balaban J connectivity index is 2.11. The third-order valence-corrected chi connectivity index (χ3v) is 6.64. The van der Waals surface area contributed by atoms with Crippen molar-refractivity contribution < 1.29 is 22.7 Å². The van der Waals surface area contributed by atoms with Crippen molar-refractivity contribution in [3.8, 4) is 6.07 Å². The van der Waals surface area contributed by atoms with E-state index in [0.717, 1.165) is 0 Å². The molecule has 2 aliphatic heterocycles. The van der Waals surface area contributed by atoms with Gasteiger partial charge in [-0.2, -0.15) is 5.26 Å². The predicted molar refractivity (Wildman–Crippen MR) is 98.2 cm³/mol. The lowest BCUT2D eigenvalue weighted by molar-refractivity contribution is -0.136. The summed E-state index contributed by atoms with van der Waals surface area (Å²) in [4.78, 5) is 29.1. The molecule has 2 saturated heterocycles. The molecule has 1 atom stereocenters. The van der Waals surface area contributed by atoms with Crippen LogP contribution in [0.3, 0.4) is 0 Å². The molecular weight excluding hydrogens is 372 g/mol. The van der Waals surface area contributed by atoms with Crippen molar-refractivity contribution in [2.45, 2.75) is 19.4 Å². The molecule has 0 aromatic heterocycles. The number of piperazine rings is 1. The van der Waals surface area contributed by atoms with E-state index in [1.807, 2.05) is 6.07 Å². The van der Waals surface area contributed by atoms with Crippen molar-refractivity contribution in [3.63, 3.8) is 0 Å². The van der Waals surface area contributed by atoms with E-state index >= 15 is 0 Å². The van der Waals surface area contributed by atoms with Gasteiger partial charge in [-0.05, 0) is 6.42 Å². The van der Waals surface area contributed by atoms with Gasteiger partial charge in [0.05, 0.1) is 18.1 Å². The topological polar surface area (TPSA) is 111 Å². The maximum atomic E-state index is 12.7. The fraction of sp³-hybridized carbons (Fsp3) is 0.706. The van der Waals surface area contributed by atoms with Gasteiger partial charge in [-0.1, -0.05) is 0 Å². The highest BCUT2D eigenvalue weighted by atomic mass is 32.2. The fourth-order valence-corrected chi connectivity index (χ4v) is 5.02. The van der Waals surface area contributed by atoms with Crippen molar-refractivity contribution in [2.24, 2.45) is 0 Å². The molecule has 0 N–H and O–H groups in total. The molecule has 0 radical (unpaired) electrons. The Labute approximate surface area is 160 Å². The minimum atomic E-state index is -3.09. The van der Waals surface area contributed by atoms with Gasteiger partial charge in [-0.15, -0.1) is 0 Å². The molecule has 0 aliphatic carbocycles. The number of carbonyl (C=O) groups excluding carboxylic acids is 2. The number of ether oxygens (including phenoxy) is 1. The van der Waals surface area contributed by atoms with Crippen molar-refractivity contribution in [2.75, 3.05) is 57.9 Å². The molecule has 2 heterocycles. The Morgan fingerprint density at radius 1 is 1.26 bits per heavy atom. The first-order valence-corrected chi connectivity index (χ1v) is 10.7. The van der Waals surface area contributed by atoms with Crippen molar-refractivity contribution in [1.29, 1.82) is 5.26 Å². The van der Waals surface area contributed by atoms with Crippen LogP contribution in [0.4, 0.5) is 0 Å². The molecule has 2 amide bonds. The molecule has 9 nitrogen and oxygen atoms in total. The van der Waals surface area contributed by atoms with Crippen molar-refractivity contribution >= 4 is 21.7 Å². The maximum Gasteiger partial charge on any atom is 0.266 e. The molecule has 2 aliphatic rings. The van der Waals surface area contributed by atoms with Crippen LogP contribution >= 0.6 is 0 Å². The van der Waals surface area contributed by atoms with E-state index in [9.17, 15) is 23.3 Å². The van der Waals surface area contributed by atoms with Crippen LogP contribution in [0.2, 0.25) is 0 Å². The summed E-state index contributed by atoms with van der Waals surface area (Å²) in [5.41, 5.74) is -0.0355. The summed E-state index contributed by atoms with van der Waals surface area (Å²) in [5.74, 6) is -0.315. The molecule has 10 heteroatoms. The highest BCUT2D eigenvalue weighted by molar-refractivity contribution is 7.91. The summed E-state index contributed by atoms with van der Waals surface area (Å²) in [6.07, 6.45) is 1.93. The number of hydrogen-bond donors (Lipinski definition) is 0. The number of carbonyl (C=O) groups is 2. The van der Waals surface area contributed by atoms with Crippen LogP contribution in [0.5, 0.6) is 0 Å². The Bertz CT molecular complexity index is 735. The van der Waals surface area contributed by atoms with Crippen LogP contribution in [-0.2, 0) is 24.2 Å². The van der Waals surface area contributed by atoms with Gasteiger partial charge >= 0.3 is 0 Å². The third kappa shape index (κ3) is 5.68. The first-order chi connectivity index (χ1) is 12.8. The summed E-state index contributed by atoms with van der Waals surface area (Å²) < 4.78 is 28.7. The number of nitrogens with zero attached hydrogens (tertiary/aromatic N) is 4. The molecule has 2 rings (SSSR count). The Kier molecular flexibility index (Phi) is 7.21. The minimum Gasteiger partial charge on any atom is -0.383 e. The first kappa shape index (κ1) is 21.2. The largest absolute Gasteiger partial charge is 0.383 e. The van der Waals surface area contributed by atoms with Crippen molar-refractivity contribution in [1.82, 2.24) is 14.7 Å². The van der Waals surface area contributed by atoms with Crippen molar-refractivity contribution in [3.05, 3.63) is 11.8 Å². The monoisotopic (exact) mass is 398 g/mol. The molecule has 0 aromatic rings. The van der Waals surface area contributed by atoms with E-state index in [1.165, 1.54) is 20.2 Å². The van der Waals surface area contributed by atoms with Gasteiger partial charge in [0.15, 0.2) is 9.84 Å². The minimum absolute atomic E-state index is 0.0113. The molecular formula is C17H26N4O5S. The normalized spacial score (nSPS) is 22.4. The maximum absolute atomic E-state index is 12.7. The van der Waals surface area contributed by atoms with Gasteiger partial charge in [-0.25, -0.2) is 8.42 Å². The van der Waals surface area contributed by atoms with Gasteiger partial charge in [-0.3, -0.25) is 9.59 Å². The number of hydrogen-bond acceptors (Lipinski definition) is 7. The van der Waals surface area contributed by atoms with Crippen LogP contribution in [0.15, 0.2) is 11.8 Å². The number of amides is 2. The van der Waals surface area contributed by atoms with E-state index in [0.29, 0.717) is 45.8 Å². The Morgan fingerprint density at radius 3 is 2.37 bits per heavy atom. The third-order valence-electron chi connectivity index (χ3n) is 4.89. The van der Waals surface area contributed by atoms with Crippen LogP contribution in [0, 0.1) is 11.3 Å². The van der Waals surface area contributed by atoms with E-state index in [-0.39, 0.29) is 29.0 Å². The summed E-state index contributed by atoms with van der Waals surface area (Å²) in [6, 6.07) is 1.67. The molecule has 150 valence electrons. The van der Waals surface area contributed by atoms with Crippen LogP contribution < -0.4 is 0 Å². The van der Waals surface area contributed by atoms with Gasteiger partial charge in [0.2, 0.25) is 5.91 Å². The van der Waals surface area contributed by atoms with Crippen LogP contribution in [0.25, 0.3) is 0 Å². The quantitative estimate of drug-likeness (QED) is 0.426. The first-order valence-electron chi connectivity index (χ1n) is 8.89. The second-order valence-electron chi connectivity index (χ2n) is 6.74. The average molecular weight is 398 g/mol. The zero-order valence-corrected chi connectivity index (χ0v) is 16.6. The zero-order valence-electron chi connectivity index (χ0n) is 15.8. The average Bonchev–Trinajstić information content (AvgIpc) is 3.01. The van der Waals surface area contributed by atoms with Gasteiger partial charge in [0.25, 0.3) is 5.91 Å². The zero-order chi connectivity index (χ0) is 20.0. The molecule has 0 spiro atoms. The number of sulfone groups is 1. The summed E-state index contributed by atoms with van der Waals surface area (Å²) in [6.45, 7) is 3.86. The SMILES string of the molecule is COCCN(/C=C(/C#N)C(=O)N1CCN(C(C)=O)CC1)C1CCS(=O)(=O)C1. The summed E-state index contributed by atoms with van der Waals surface area (Å²) in [7, 11) is -1.55. The van der Waals surface area contributed by atoms with Gasteiger partial charge in [0.1, 0.15) is 11.6 Å². The predicted octanol–water partition coefficient (Wildman–Crippen LogP) is -0.780.